The lowest BCUT2D eigenvalue weighted by Crippen LogP contribution is -2.48. The maximum Gasteiger partial charge on any atom is 0.308 e. The third-order valence-electron chi connectivity index (χ3n) is 3.73. The van der Waals surface area contributed by atoms with Crippen molar-refractivity contribution in [3.63, 3.8) is 0 Å². The van der Waals surface area contributed by atoms with Crippen LogP contribution in [-0.4, -0.2) is 48.1 Å². The summed E-state index contributed by atoms with van der Waals surface area (Å²) in [6.45, 7) is 2.85. The molecule has 104 valence electrons. The summed E-state index contributed by atoms with van der Waals surface area (Å²) in [6.07, 6.45) is 3.47. The first-order chi connectivity index (χ1) is 8.18. The lowest BCUT2D eigenvalue weighted by Gasteiger charge is -2.34. The minimum atomic E-state index is -0.774. The highest BCUT2D eigenvalue weighted by atomic mass is 35.5. The number of carbonyl (C=O) groups excluding carboxylic acids is 1. The van der Waals surface area contributed by atoms with E-state index in [-0.39, 0.29) is 30.2 Å². The SMILES string of the molecule is Cl.O=C(O)C1CCCN(C(=O)C2CCCNC2)C1. The molecule has 2 unspecified atom stereocenters. The van der Waals surface area contributed by atoms with E-state index in [1.54, 1.807) is 4.90 Å². The second-order valence-electron chi connectivity index (χ2n) is 5.00. The van der Waals surface area contributed by atoms with Gasteiger partial charge in [0.15, 0.2) is 0 Å². The molecule has 2 N–H and O–H groups in total. The highest BCUT2D eigenvalue weighted by Gasteiger charge is 2.32. The predicted octanol–water partition coefficient (Wildman–Crippen LogP) is 0.731. The van der Waals surface area contributed by atoms with Gasteiger partial charge in [0, 0.05) is 19.6 Å². The summed E-state index contributed by atoms with van der Waals surface area (Å²) in [5.41, 5.74) is 0. The van der Waals surface area contributed by atoms with Crippen molar-refractivity contribution in [2.75, 3.05) is 26.2 Å². The van der Waals surface area contributed by atoms with Crippen LogP contribution in [0.15, 0.2) is 0 Å². The Morgan fingerprint density at radius 1 is 1.17 bits per heavy atom. The van der Waals surface area contributed by atoms with Gasteiger partial charge in [-0.05, 0) is 32.2 Å². The normalized spacial score (nSPS) is 28.3. The molecule has 0 aromatic heterocycles. The first-order valence-electron chi connectivity index (χ1n) is 6.41. The van der Waals surface area contributed by atoms with Crippen molar-refractivity contribution in [1.29, 1.82) is 0 Å². The summed E-state index contributed by atoms with van der Waals surface area (Å²) < 4.78 is 0. The molecule has 6 heteroatoms. The summed E-state index contributed by atoms with van der Waals surface area (Å²) in [7, 11) is 0. The molecule has 2 aliphatic heterocycles. The zero-order valence-corrected chi connectivity index (χ0v) is 11.2. The van der Waals surface area contributed by atoms with Crippen LogP contribution in [0, 0.1) is 11.8 Å². The summed E-state index contributed by atoms with van der Waals surface area (Å²) in [4.78, 5) is 24.9. The molecule has 2 atom stereocenters. The molecule has 2 fully saturated rings. The van der Waals surface area contributed by atoms with Crippen LogP contribution in [-0.2, 0) is 9.59 Å². The smallest absolute Gasteiger partial charge is 0.308 e. The molecule has 2 heterocycles. The molecule has 2 rings (SSSR count). The molecular weight excluding hydrogens is 256 g/mol. The topological polar surface area (TPSA) is 69.6 Å². The Balaban J connectivity index is 0.00000162. The van der Waals surface area contributed by atoms with E-state index in [4.69, 9.17) is 5.11 Å². The number of hydrogen-bond donors (Lipinski definition) is 2. The highest BCUT2D eigenvalue weighted by Crippen LogP contribution is 2.20. The quantitative estimate of drug-likeness (QED) is 0.780. The molecule has 0 radical (unpaired) electrons. The largest absolute Gasteiger partial charge is 0.481 e. The molecule has 5 nitrogen and oxygen atoms in total. The second kappa shape index (κ2) is 6.95. The standard InChI is InChI=1S/C12H20N2O3.ClH/c15-11(9-3-1-5-13-7-9)14-6-2-4-10(8-14)12(16)17;/h9-10,13H,1-8H2,(H,16,17);1H. The van der Waals surface area contributed by atoms with Crippen LogP contribution >= 0.6 is 12.4 Å². The van der Waals surface area contributed by atoms with E-state index in [9.17, 15) is 9.59 Å². The fourth-order valence-electron chi connectivity index (χ4n) is 2.70. The van der Waals surface area contributed by atoms with E-state index in [0.717, 1.165) is 38.9 Å². The van der Waals surface area contributed by atoms with Crippen LogP contribution in [0.4, 0.5) is 0 Å². The maximum absolute atomic E-state index is 12.2. The third-order valence-corrected chi connectivity index (χ3v) is 3.73. The van der Waals surface area contributed by atoms with Gasteiger partial charge >= 0.3 is 5.97 Å². The number of nitrogens with zero attached hydrogens (tertiary/aromatic N) is 1. The number of carboxylic acid groups (broad SMARTS) is 1. The molecule has 0 aliphatic carbocycles. The van der Waals surface area contributed by atoms with E-state index in [1.807, 2.05) is 0 Å². The monoisotopic (exact) mass is 276 g/mol. The van der Waals surface area contributed by atoms with Crippen molar-refractivity contribution in [2.45, 2.75) is 25.7 Å². The Kier molecular flexibility index (Phi) is 5.88. The Labute approximate surface area is 113 Å². The number of halogens is 1. The van der Waals surface area contributed by atoms with Gasteiger partial charge in [0.2, 0.25) is 5.91 Å². The van der Waals surface area contributed by atoms with Gasteiger partial charge in [-0.1, -0.05) is 0 Å². The zero-order chi connectivity index (χ0) is 12.3. The molecule has 0 saturated carbocycles. The lowest BCUT2D eigenvalue weighted by atomic mass is 9.94. The number of piperidine rings is 2. The van der Waals surface area contributed by atoms with E-state index in [1.165, 1.54) is 0 Å². The first kappa shape index (κ1) is 15.2. The molecule has 0 bridgehead atoms. The highest BCUT2D eigenvalue weighted by molar-refractivity contribution is 5.85. The van der Waals surface area contributed by atoms with Gasteiger partial charge in [0.1, 0.15) is 0 Å². The number of likely N-dealkylation sites (tertiary alicyclic amines) is 1. The van der Waals surface area contributed by atoms with E-state index in [2.05, 4.69) is 5.32 Å². The maximum atomic E-state index is 12.2. The molecular formula is C12H21ClN2O3. The fraction of sp³-hybridized carbons (Fsp3) is 0.833. The molecule has 2 saturated heterocycles. The molecule has 0 spiro atoms. The van der Waals surface area contributed by atoms with Gasteiger partial charge in [-0.15, -0.1) is 12.4 Å². The fourth-order valence-corrected chi connectivity index (χ4v) is 2.70. The van der Waals surface area contributed by atoms with Crippen molar-refractivity contribution in [3.8, 4) is 0 Å². The summed E-state index contributed by atoms with van der Waals surface area (Å²) >= 11 is 0. The van der Waals surface area contributed by atoms with Gasteiger partial charge in [0.05, 0.1) is 11.8 Å². The second-order valence-corrected chi connectivity index (χ2v) is 5.00. The van der Waals surface area contributed by atoms with E-state index in [0.29, 0.717) is 13.0 Å². The average molecular weight is 277 g/mol. The van der Waals surface area contributed by atoms with Crippen molar-refractivity contribution < 1.29 is 14.7 Å². The first-order valence-corrected chi connectivity index (χ1v) is 6.41. The number of carboxylic acids is 1. The van der Waals surface area contributed by atoms with Crippen LogP contribution in [0.25, 0.3) is 0 Å². The van der Waals surface area contributed by atoms with Gasteiger partial charge < -0.3 is 15.3 Å². The minimum Gasteiger partial charge on any atom is -0.481 e. The van der Waals surface area contributed by atoms with Crippen LogP contribution in [0.5, 0.6) is 0 Å². The molecule has 0 aromatic carbocycles. The van der Waals surface area contributed by atoms with E-state index < -0.39 is 5.97 Å². The van der Waals surface area contributed by atoms with Crippen LogP contribution in [0.1, 0.15) is 25.7 Å². The third kappa shape index (κ3) is 3.59. The number of carbonyl (C=O) groups is 2. The van der Waals surface area contributed by atoms with E-state index >= 15 is 0 Å². The summed E-state index contributed by atoms with van der Waals surface area (Å²) in [5, 5.41) is 12.2. The summed E-state index contributed by atoms with van der Waals surface area (Å²) in [6, 6.07) is 0. The average Bonchev–Trinajstić information content (AvgIpc) is 2.39. The molecule has 2 aliphatic rings. The number of aliphatic carboxylic acids is 1. The van der Waals surface area contributed by atoms with Gasteiger partial charge in [-0.25, -0.2) is 0 Å². The van der Waals surface area contributed by atoms with Crippen molar-refractivity contribution >= 4 is 24.3 Å². The van der Waals surface area contributed by atoms with Crippen LogP contribution in [0.3, 0.4) is 0 Å². The number of hydrogen-bond acceptors (Lipinski definition) is 3. The predicted molar refractivity (Wildman–Crippen MR) is 69.8 cm³/mol. The van der Waals surface area contributed by atoms with Gasteiger partial charge in [0.25, 0.3) is 0 Å². The molecule has 0 aromatic rings. The molecule has 18 heavy (non-hydrogen) atoms. The number of rotatable bonds is 2. The Hall–Kier alpha value is -0.810. The summed E-state index contributed by atoms with van der Waals surface area (Å²) in [5.74, 6) is -0.951. The van der Waals surface area contributed by atoms with Crippen LogP contribution < -0.4 is 5.32 Å². The Bertz CT molecular complexity index is 306. The van der Waals surface area contributed by atoms with Crippen molar-refractivity contribution in [1.82, 2.24) is 10.2 Å². The van der Waals surface area contributed by atoms with Gasteiger partial charge in [-0.3, -0.25) is 9.59 Å². The van der Waals surface area contributed by atoms with Crippen molar-refractivity contribution in [2.24, 2.45) is 11.8 Å². The lowest BCUT2D eigenvalue weighted by molar-refractivity contribution is -0.147. The van der Waals surface area contributed by atoms with Gasteiger partial charge in [-0.2, -0.15) is 0 Å². The van der Waals surface area contributed by atoms with Crippen LogP contribution in [0.2, 0.25) is 0 Å². The Morgan fingerprint density at radius 3 is 2.50 bits per heavy atom. The minimum absolute atomic E-state index is 0. The molecule has 1 amide bonds. The van der Waals surface area contributed by atoms with Crippen molar-refractivity contribution in [3.05, 3.63) is 0 Å². The Morgan fingerprint density at radius 2 is 1.89 bits per heavy atom. The zero-order valence-electron chi connectivity index (χ0n) is 10.4. The number of amides is 1. The number of nitrogens with one attached hydrogen (secondary N) is 1.